The minimum absolute atomic E-state index is 0.178. The molecule has 0 aliphatic heterocycles. The van der Waals surface area contributed by atoms with E-state index in [1.807, 2.05) is 6.07 Å². The second-order valence-electron chi connectivity index (χ2n) is 6.34. The van der Waals surface area contributed by atoms with Crippen LogP contribution in [-0.4, -0.2) is 12.6 Å². The van der Waals surface area contributed by atoms with Gasteiger partial charge < -0.3 is 5.32 Å². The minimum Gasteiger partial charge on any atom is -0.314 e. The number of hydrogen-bond acceptors (Lipinski definition) is 1. The number of rotatable bonds is 5. The van der Waals surface area contributed by atoms with Gasteiger partial charge in [0.05, 0.1) is 5.56 Å². The summed E-state index contributed by atoms with van der Waals surface area (Å²) in [6, 6.07) is 6.23. The van der Waals surface area contributed by atoms with Crippen molar-refractivity contribution < 1.29 is 13.2 Å². The number of halogens is 3. The summed E-state index contributed by atoms with van der Waals surface area (Å²) in [7, 11) is 0. The normalized spacial score (nSPS) is 18.4. The van der Waals surface area contributed by atoms with E-state index in [1.165, 1.54) is 25.0 Å². The lowest BCUT2D eigenvalue weighted by Crippen LogP contribution is -2.31. The molecule has 21 heavy (non-hydrogen) atoms. The molecule has 0 aromatic heterocycles. The quantitative estimate of drug-likeness (QED) is 0.808. The van der Waals surface area contributed by atoms with E-state index >= 15 is 0 Å². The molecule has 0 saturated heterocycles. The van der Waals surface area contributed by atoms with Crippen LogP contribution in [-0.2, 0) is 6.18 Å². The van der Waals surface area contributed by atoms with Gasteiger partial charge in [-0.25, -0.2) is 0 Å². The van der Waals surface area contributed by atoms with Crippen LogP contribution in [0, 0.1) is 5.92 Å². The van der Waals surface area contributed by atoms with E-state index in [0.717, 1.165) is 31.0 Å². The summed E-state index contributed by atoms with van der Waals surface area (Å²) in [6.07, 6.45) is 0.382. The molecular formula is C17H24F3N. The number of benzene rings is 1. The van der Waals surface area contributed by atoms with E-state index in [9.17, 15) is 13.2 Å². The molecule has 1 aromatic rings. The number of alkyl halides is 3. The summed E-state index contributed by atoms with van der Waals surface area (Å²) in [5, 5.41) is 3.40. The van der Waals surface area contributed by atoms with Crippen molar-refractivity contribution in [3.05, 3.63) is 35.4 Å². The summed E-state index contributed by atoms with van der Waals surface area (Å²) in [6.45, 7) is 4.89. The maximum Gasteiger partial charge on any atom is 0.416 e. The van der Waals surface area contributed by atoms with Gasteiger partial charge in [0.1, 0.15) is 0 Å². The van der Waals surface area contributed by atoms with Gasteiger partial charge in [-0.05, 0) is 36.3 Å². The molecule has 1 aliphatic rings. The third-order valence-electron chi connectivity index (χ3n) is 4.36. The molecule has 1 saturated carbocycles. The average molecular weight is 299 g/mol. The van der Waals surface area contributed by atoms with Crippen LogP contribution in [0.1, 0.15) is 56.6 Å². The summed E-state index contributed by atoms with van der Waals surface area (Å²) in [5.74, 6) is 0.678. The lowest BCUT2D eigenvalue weighted by molar-refractivity contribution is -0.137. The van der Waals surface area contributed by atoms with Gasteiger partial charge in [-0.15, -0.1) is 0 Å². The van der Waals surface area contributed by atoms with Crippen LogP contribution in [0.2, 0.25) is 0 Å². The van der Waals surface area contributed by atoms with Crippen LogP contribution in [0.25, 0.3) is 0 Å². The Morgan fingerprint density at radius 3 is 2.43 bits per heavy atom. The Morgan fingerprint density at radius 2 is 1.86 bits per heavy atom. The fraction of sp³-hybridized carbons (Fsp3) is 0.647. The van der Waals surface area contributed by atoms with Crippen molar-refractivity contribution in [1.29, 1.82) is 0 Å². The molecule has 118 valence electrons. The van der Waals surface area contributed by atoms with Gasteiger partial charge in [-0.3, -0.25) is 0 Å². The predicted octanol–water partition coefficient (Wildman–Crippen LogP) is 4.98. The minimum atomic E-state index is -4.26. The van der Waals surface area contributed by atoms with Crippen LogP contribution in [0.5, 0.6) is 0 Å². The highest BCUT2D eigenvalue weighted by Crippen LogP contribution is 2.39. The van der Waals surface area contributed by atoms with E-state index in [2.05, 4.69) is 19.2 Å². The third-order valence-corrected chi connectivity index (χ3v) is 4.36. The highest BCUT2D eigenvalue weighted by Gasteiger charge is 2.32. The summed E-state index contributed by atoms with van der Waals surface area (Å²) in [4.78, 5) is 0. The molecule has 0 radical (unpaired) electrons. The Balaban J connectivity index is 2.22. The van der Waals surface area contributed by atoms with Crippen molar-refractivity contribution in [1.82, 2.24) is 5.32 Å². The van der Waals surface area contributed by atoms with Crippen molar-refractivity contribution >= 4 is 0 Å². The monoisotopic (exact) mass is 299 g/mol. The van der Waals surface area contributed by atoms with Gasteiger partial charge in [0.25, 0.3) is 0 Å². The molecule has 0 spiro atoms. The molecule has 4 heteroatoms. The van der Waals surface area contributed by atoms with E-state index in [1.54, 1.807) is 0 Å². The summed E-state index contributed by atoms with van der Waals surface area (Å²) in [5.41, 5.74) is 0.289. The first-order valence-corrected chi connectivity index (χ1v) is 7.78. The Hall–Kier alpha value is -1.03. The fourth-order valence-corrected chi connectivity index (χ4v) is 3.22. The lowest BCUT2D eigenvalue weighted by Gasteiger charge is -2.26. The fourth-order valence-electron chi connectivity index (χ4n) is 3.22. The highest BCUT2D eigenvalue weighted by molar-refractivity contribution is 5.29. The Morgan fingerprint density at radius 1 is 1.19 bits per heavy atom. The molecule has 1 aliphatic carbocycles. The molecule has 2 rings (SSSR count). The second kappa shape index (κ2) is 6.82. The maximum absolute atomic E-state index is 12.9. The largest absolute Gasteiger partial charge is 0.416 e. The third kappa shape index (κ3) is 4.47. The molecule has 1 N–H and O–H groups in total. The topological polar surface area (TPSA) is 12.0 Å². The molecule has 0 bridgehead atoms. The highest BCUT2D eigenvalue weighted by atomic mass is 19.4. The van der Waals surface area contributed by atoms with E-state index in [-0.39, 0.29) is 5.92 Å². The van der Waals surface area contributed by atoms with Crippen LogP contribution >= 0.6 is 0 Å². The summed E-state index contributed by atoms with van der Waals surface area (Å²) < 4.78 is 38.7. The first kappa shape index (κ1) is 16.3. The van der Waals surface area contributed by atoms with Gasteiger partial charge in [0.15, 0.2) is 0 Å². The van der Waals surface area contributed by atoms with Crippen molar-refractivity contribution in [2.75, 3.05) is 6.54 Å². The smallest absolute Gasteiger partial charge is 0.314 e. The molecule has 0 heterocycles. The maximum atomic E-state index is 12.9. The van der Waals surface area contributed by atoms with Gasteiger partial charge in [0, 0.05) is 12.6 Å². The first-order valence-electron chi connectivity index (χ1n) is 7.78. The van der Waals surface area contributed by atoms with Crippen molar-refractivity contribution in [3.8, 4) is 0 Å². The van der Waals surface area contributed by atoms with Gasteiger partial charge in [0.2, 0.25) is 0 Å². The molecule has 1 nitrogen and oxygen atoms in total. The first-order chi connectivity index (χ1) is 9.88. The van der Waals surface area contributed by atoms with Crippen LogP contribution in [0.15, 0.2) is 24.3 Å². The zero-order valence-electron chi connectivity index (χ0n) is 12.7. The zero-order chi connectivity index (χ0) is 15.5. The summed E-state index contributed by atoms with van der Waals surface area (Å²) >= 11 is 0. The predicted molar refractivity (Wildman–Crippen MR) is 79.3 cm³/mol. The van der Waals surface area contributed by atoms with E-state index in [0.29, 0.717) is 12.0 Å². The van der Waals surface area contributed by atoms with Crippen molar-refractivity contribution in [3.63, 3.8) is 0 Å². The second-order valence-corrected chi connectivity index (χ2v) is 6.34. The van der Waals surface area contributed by atoms with Gasteiger partial charge >= 0.3 is 6.18 Å². The van der Waals surface area contributed by atoms with Gasteiger partial charge in [-0.2, -0.15) is 13.2 Å². The zero-order valence-corrected chi connectivity index (χ0v) is 12.7. The van der Waals surface area contributed by atoms with Crippen LogP contribution in [0.4, 0.5) is 13.2 Å². The number of nitrogens with one attached hydrogen (secondary N) is 1. The van der Waals surface area contributed by atoms with Crippen LogP contribution in [0.3, 0.4) is 0 Å². The Labute approximate surface area is 124 Å². The molecular weight excluding hydrogens is 275 g/mol. The van der Waals surface area contributed by atoms with Gasteiger partial charge in [-0.1, -0.05) is 44.9 Å². The Kier molecular flexibility index (Phi) is 5.31. The Bertz CT molecular complexity index is 448. The molecule has 1 atom stereocenters. The number of hydrogen-bond donors (Lipinski definition) is 1. The van der Waals surface area contributed by atoms with E-state index in [4.69, 9.17) is 0 Å². The van der Waals surface area contributed by atoms with E-state index < -0.39 is 11.7 Å². The molecule has 0 amide bonds. The SMILES string of the molecule is CC(C)NCC(c1cccc(C(F)(F)F)c1)C1CCCC1. The molecule has 1 unspecified atom stereocenters. The molecule has 1 aromatic carbocycles. The van der Waals surface area contributed by atoms with Crippen LogP contribution < -0.4 is 5.32 Å². The lowest BCUT2D eigenvalue weighted by atomic mass is 9.84. The molecule has 1 fully saturated rings. The van der Waals surface area contributed by atoms with Crippen molar-refractivity contribution in [2.24, 2.45) is 5.92 Å². The standard InChI is InChI=1S/C17H24F3N/c1-12(2)21-11-16(13-6-3-4-7-13)14-8-5-9-15(10-14)17(18,19)20/h5,8-10,12-13,16,21H,3-4,6-7,11H2,1-2H3. The van der Waals surface area contributed by atoms with Crippen molar-refractivity contribution in [2.45, 2.75) is 57.7 Å². The average Bonchev–Trinajstić information content (AvgIpc) is 2.92.